The maximum Gasteiger partial charge on any atom is 0.526 e. The number of hydrogen-bond donors (Lipinski definition) is 0. The molecule has 1 saturated heterocycles. The Morgan fingerprint density at radius 2 is 2.10 bits per heavy atom. The van der Waals surface area contributed by atoms with E-state index in [0.717, 1.165) is 0 Å². The fraction of sp³-hybridized carbons (Fsp3) is 1.00. The third kappa shape index (κ3) is 2.48. The molecule has 0 radical (unpaired) electrons. The lowest BCUT2D eigenvalue weighted by molar-refractivity contribution is -0.443. The summed E-state index contributed by atoms with van der Waals surface area (Å²) in [5.74, 6) is 0. The van der Waals surface area contributed by atoms with Crippen LogP contribution in [-0.2, 0) is 19.2 Å². The lowest BCUT2D eigenvalue weighted by Gasteiger charge is -2.09. The van der Waals surface area contributed by atoms with Gasteiger partial charge in [0.15, 0.2) is 6.79 Å². The molecule has 1 unspecified atom stereocenters. The van der Waals surface area contributed by atoms with Crippen LogP contribution in [0.15, 0.2) is 0 Å². The molecule has 4 nitrogen and oxygen atoms in total. The van der Waals surface area contributed by atoms with Crippen molar-refractivity contribution in [2.24, 2.45) is 0 Å². The van der Waals surface area contributed by atoms with E-state index in [2.05, 4.69) is 19.2 Å². The van der Waals surface area contributed by atoms with Crippen molar-refractivity contribution in [2.45, 2.75) is 12.8 Å². The number of hydrogen-bond acceptors (Lipinski definition) is 4. The standard InChI is InChI=1S/C3H3F3O4/c4-3(5,6)9-2-7-1-8-10-2/h2H,1H2. The van der Waals surface area contributed by atoms with Crippen LogP contribution in [0.2, 0.25) is 0 Å². The first-order chi connectivity index (χ1) is 4.58. The smallest absolute Gasteiger partial charge is 0.298 e. The topological polar surface area (TPSA) is 36.9 Å². The highest BCUT2D eigenvalue weighted by atomic mass is 19.4. The highest BCUT2D eigenvalue weighted by molar-refractivity contribution is 4.28. The predicted molar refractivity (Wildman–Crippen MR) is 19.0 cm³/mol. The van der Waals surface area contributed by atoms with Crippen LogP contribution in [-0.4, -0.2) is 19.6 Å². The van der Waals surface area contributed by atoms with Crippen LogP contribution in [0, 0.1) is 0 Å². The molecule has 1 fully saturated rings. The van der Waals surface area contributed by atoms with Crippen LogP contribution in [0.5, 0.6) is 0 Å². The van der Waals surface area contributed by atoms with Crippen LogP contribution >= 0.6 is 0 Å². The summed E-state index contributed by atoms with van der Waals surface area (Å²) in [4.78, 5) is 7.82. The Bertz CT molecular complexity index is 107. The molecule has 1 rings (SSSR count). The monoisotopic (exact) mass is 160 g/mol. The largest absolute Gasteiger partial charge is 0.526 e. The molecule has 60 valence electrons. The number of ether oxygens (including phenoxy) is 2. The van der Waals surface area contributed by atoms with Gasteiger partial charge >= 0.3 is 12.8 Å². The van der Waals surface area contributed by atoms with Crippen molar-refractivity contribution >= 4 is 0 Å². The molecule has 1 heterocycles. The summed E-state index contributed by atoms with van der Waals surface area (Å²) in [6.45, 7) is -2.15. The Kier molecular flexibility index (Phi) is 2.09. The quantitative estimate of drug-likeness (QED) is 0.530. The lowest BCUT2D eigenvalue weighted by atomic mass is 11.2. The van der Waals surface area contributed by atoms with Crippen LogP contribution in [0.3, 0.4) is 0 Å². The van der Waals surface area contributed by atoms with Crippen LogP contribution in [0.1, 0.15) is 0 Å². The third-order valence-electron chi connectivity index (χ3n) is 0.629. The summed E-state index contributed by atoms with van der Waals surface area (Å²) in [5, 5.41) is 0. The van der Waals surface area contributed by atoms with Gasteiger partial charge in [0.2, 0.25) is 0 Å². The van der Waals surface area contributed by atoms with Gasteiger partial charge in [0.05, 0.1) is 0 Å². The summed E-state index contributed by atoms with van der Waals surface area (Å²) < 4.78 is 41.2. The summed E-state index contributed by atoms with van der Waals surface area (Å²) in [7, 11) is 0. The normalized spacial score (nSPS) is 27.3. The fourth-order valence-corrected chi connectivity index (χ4v) is 0.357. The summed E-state index contributed by atoms with van der Waals surface area (Å²) in [6.07, 6.45) is -4.77. The van der Waals surface area contributed by atoms with E-state index < -0.39 is 12.8 Å². The van der Waals surface area contributed by atoms with E-state index in [1.54, 1.807) is 0 Å². The minimum atomic E-state index is -4.77. The van der Waals surface area contributed by atoms with Crippen molar-refractivity contribution in [3.8, 4) is 0 Å². The van der Waals surface area contributed by atoms with Crippen LogP contribution < -0.4 is 0 Å². The van der Waals surface area contributed by atoms with Gasteiger partial charge in [-0.1, -0.05) is 0 Å². The first-order valence-corrected chi connectivity index (χ1v) is 2.22. The van der Waals surface area contributed by atoms with Crippen molar-refractivity contribution in [1.82, 2.24) is 0 Å². The molecule has 7 heteroatoms. The molecular formula is C3H3F3O4. The number of halogens is 3. The van der Waals surface area contributed by atoms with Crippen molar-refractivity contribution in [3.05, 3.63) is 0 Å². The Morgan fingerprint density at radius 3 is 2.50 bits per heavy atom. The number of rotatable bonds is 1. The summed E-state index contributed by atoms with van der Waals surface area (Å²) in [6, 6.07) is 0. The van der Waals surface area contributed by atoms with Gasteiger partial charge in [0, 0.05) is 0 Å². The molecule has 1 aliphatic rings. The molecule has 1 atom stereocenters. The molecule has 0 aromatic carbocycles. The van der Waals surface area contributed by atoms with Crippen LogP contribution in [0.4, 0.5) is 13.2 Å². The van der Waals surface area contributed by atoms with E-state index in [0.29, 0.717) is 0 Å². The van der Waals surface area contributed by atoms with Gasteiger partial charge in [0.1, 0.15) is 0 Å². The molecule has 0 spiro atoms. The zero-order valence-corrected chi connectivity index (χ0v) is 4.55. The third-order valence-corrected chi connectivity index (χ3v) is 0.629. The van der Waals surface area contributed by atoms with E-state index in [-0.39, 0.29) is 6.79 Å². The average Bonchev–Trinajstić information content (AvgIpc) is 2.12. The minimum Gasteiger partial charge on any atom is -0.298 e. The van der Waals surface area contributed by atoms with Crippen LogP contribution in [0.25, 0.3) is 0 Å². The fourth-order valence-electron chi connectivity index (χ4n) is 0.357. The van der Waals surface area contributed by atoms with Gasteiger partial charge in [-0.3, -0.25) is 4.74 Å². The van der Waals surface area contributed by atoms with Crippen molar-refractivity contribution in [2.75, 3.05) is 6.79 Å². The highest BCUT2D eigenvalue weighted by Crippen LogP contribution is 2.21. The van der Waals surface area contributed by atoms with E-state index >= 15 is 0 Å². The maximum absolute atomic E-state index is 11.3. The Morgan fingerprint density at radius 1 is 1.40 bits per heavy atom. The minimum absolute atomic E-state index is 0.360. The van der Waals surface area contributed by atoms with Crippen molar-refractivity contribution in [3.63, 3.8) is 0 Å². The molecule has 0 amide bonds. The maximum atomic E-state index is 11.3. The summed E-state index contributed by atoms with van der Waals surface area (Å²) in [5.41, 5.74) is 0. The Labute approximate surface area is 53.3 Å². The zero-order valence-electron chi connectivity index (χ0n) is 4.55. The first kappa shape index (κ1) is 7.73. The second kappa shape index (κ2) is 2.70. The first-order valence-electron chi connectivity index (χ1n) is 2.22. The van der Waals surface area contributed by atoms with Gasteiger partial charge in [-0.05, 0) is 0 Å². The Balaban J connectivity index is 2.24. The molecular weight excluding hydrogens is 157 g/mol. The summed E-state index contributed by atoms with van der Waals surface area (Å²) >= 11 is 0. The Hall–Kier alpha value is -0.370. The molecule has 0 saturated carbocycles. The molecule has 0 aromatic rings. The predicted octanol–water partition coefficient (Wildman–Crippen LogP) is 0.742. The zero-order chi connectivity index (χ0) is 7.61. The molecule has 10 heavy (non-hydrogen) atoms. The molecule has 0 aromatic heterocycles. The molecule has 1 aliphatic heterocycles. The molecule has 0 aliphatic carbocycles. The molecule has 0 bridgehead atoms. The second-order valence-electron chi connectivity index (χ2n) is 1.35. The highest BCUT2D eigenvalue weighted by Gasteiger charge is 2.37. The average molecular weight is 160 g/mol. The van der Waals surface area contributed by atoms with Gasteiger partial charge in [-0.25, -0.2) is 9.62 Å². The van der Waals surface area contributed by atoms with Gasteiger partial charge in [-0.15, -0.1) is 13.2 Å². The number of alkyl halides is 3. The van der Waals surface area contributed by atoms with Gasteiger partial charge in [0.25, 0.3) is 0 Å². The van der Waals surface area contributed by atoms with E-state index in [1.165, 1.54) is 0 Å². The van der Waals surface area contributed by atoms with Gasteiger partial charge in [-0.2, -0.15) is 4.89 Å². The van der Waals surface area contributed by atoms with E-state index in [4.69, 9.17) is 0 Å². The van der Waals surface area contributed by atoms with Crippen molar-refractivity contribution in [1.29, 1.82) is 0 Å². The SMILES string of the molecule is FC(F)(F)OC1OCOO1. The van der Waals surface area contributed by atoms with E-state index in [1.807, 2.05) is 0 Å². The van der Waals surface area contributed by atoms with E-state index in [9.17, 15) is 13.2 Å². The lowest BCUT2D eigenvalue weighted by Crippen LogP contribution is -2.23. The second-order valence-corrected chi connectivity index (χ2v) is 1.35. The van der Waals surface area contributed by atoms with Crippen molar-refractivity contribution < 1.29 is 32.4 Å². The molecule has 0 N–H and O–H groups in total. The van der Waals surface area contributed by atoms with Gasteiger partial charge < -0.3 is 0 Å².